The van der Waals surface area contributed by atoms with Crippen LogP contribution in [0, 0.1) is 11.3 Å². The van der Waals surface area contributed by atoms with E-state index in [2.05, 4.69) is 15.5 Å². The van der Waals surface area contributed by atoms with E-state index in [-0.39, 0.29) is 11.6 Å². The molecule has 0 aliphatic carbocycles. The van der Waals surface area contributed by atoms with E-state index in [1.807, 2.05) is 6.07 Å². The lowest BCUT2D eigenvalue weighted by molar-refractivity contribution is 0.0975. The van der Waals surface area contributed by atoms with Gasteiger partial charge in [0.1, 0.15) is 0 Å². The predicted octanol–water partition coefficient (Wildman–Crippen LogP) is 2.81. The molecule has 0 radical (unpaired) electrons. The van der Waals surface area contributed by atoms with Crippen molar-refractivity contribution < 1.29 is 4.79 Å². The Kier molecular flexibility index (Phi) is 4.13. The van der Waals surface area contributed by atoms with Gasteiger partial charge in [-0.1, -0.05) is 41.9 Å². The van der Waals surface area contributed by atoms with E-state index < -0.39 is 5.92 Å². The van der Waals surface area contributed by atoms with E-state index in [0.717, 1.165) is 0 Å². The zero-order chi connectivity index (χ0) is 16.2. The van der Waals surface area contributed by atoms with Gasteiger partial charge in [0.2, 0.25) is 0 Å². The Labute approximate surface area is 136 Å². The van der Waals surface area contributed by atoms with Crippen molar-refractivity contribution >= 4 is 17.4 Å². The summed E-state index contributed by atoms with van der Waals surface area (Å²) in [5.74, 6) is -1.27. The van der Waals surface area contributed by atoms with Crippen molar-refractivity contribution in [3.05, 3.63) is 71.0 Å². The van der Waals surface area contributed by atoms with Gasteiger partial charge in [-0.25, -0.2) is 0 Å². The second-order valence-corrected chi connectivity index (χ2v) is 5.15. The summed E-state index contributed by atoms with van der Waals surface area (Å²) in [7, 11) is 0. The highest BCUT2D eigenvalue weighted by Crippen LogP contribution is 2.21. The van der Waals surface area contributed by atoms with Gasteiger partial charge < -0.3 is 0 Å². The van der Waals surface area contributed by atoms with E-state index in [0.29, 0.717) is 16.3 Å². The van der Waals surface area contributed by atoms with Crippen molar-refractivity contribution in [3.8, 4) is 11.8 Å². The number of carbonyl (C=O) groups excluding carboxylic acids is 1. The highest BCUT2D eigenvalue weighted by molar-refractivity contribution is 6.30. The fraction of sp³-hybridized carbons (Fsp3) is 0.0625. The molecule has 112 valence electrons. The SMILES string of the molecule is N#C[C@@H](C(=O)c1ccccc1)c1nnnn1-c1ccc(Cl)cc1. The summed E-state index contributed by atoms with van der Waals surface area (Å²) in [6.45, 7) is 0. The fourth-order valence-corrected chi connectivity index (χ4v) is 2.27. The Morgan fingerprint density at radius 2 is 1.83 bits per heavy atom. The van der Waals surface area contributed by atoms with E-state index >= 15 is 0 Å². The molecule has 1 atom stereocenters. The normalized spacial score (nSPS) is 11.7. The van der Waals surface area contributed by atoms with Crippen LogP contribution < -0.4 is 0 Å². The molecule has 1 heterocycles. The predicted molar refractivity (Wildman–Crippen MR) is 83.3 cm³/mol. The number of nitrogens with zero attached hydrogens (tertiary/aromatic N) is 5. The van der Waals surface area contributed by atoms with Crippen LogP contribution in [0.5, 0.6) is 0 Å². The molecule has 0 N–H and O–H groups in total. The van der Waals surface area contributed by atoms with Gasteiger partial charge in [0.05, 0.1) is 11.8 Å². The van der Waals surface area contributed by atoms with Gasteiger partial charge >= 0.3 is 0 Å². The van der Waals surface area contributed by atoms with Crippen LogP contribution in [0.15, 0.2) is 54.6 Å². The number of hydrogen-bond acceptors (Lipinski definition) is 5. The lowest BCUT2D eigenvalue weighted by atomic mass is 9.98. The molecule has 0 aliphatic heterocycles. The van der Waals surface area contributed by atoms with Gasteiger partial charge in [-0.3, -0.25) is 4.79 Å². The highest BCUT2D eigenvalue weighted by Gasteiger charge is 2.28. The standard InChI is InChI=1S/C16H10ClN5O/c17-12-6-8-13(9-7-12)22-16(19-20-21-22)14(10-18)15(23)11-4-2-1-3-5-11/h1-9,14H/t14-/m0/s1. The number of hydrogen-bond donors (Lipinski definition) is 0. The van der Waals surface area contributed by atoms with Crippen LogP contribution in [0.4, 0.5) is 0 Å². The zero-order valence-electron chi connectivity index (χ0n) is 11.8. The number of rotatable bonds is 4. The average molecular weight is 324 g/mol. The van der Waals surface area contributed by atoms with E-state index in [9.17, 15) is 10.1 Å². The third kappa shape index (κ3) is 2.96. The molecule has 6 nitrogen and oxygen atoms in total. The number of ketones is 1. The van der Waals surface area contributed by atoms with Crippen LogP contribution in [0.3, 0.4) is 0 Å². The first-order valence-corrected chi connectivity index (χ1v) is 7.11. The minimum absolute atomic E-state index is 0.170. The van der Waals surface area contributed by atoms with Gasteiger partial charge in [0.15, 0.2) is 17.5 Å². The number of benzene rings is 2. The minimum Gasteiger partial charge on any atom is -0.292 e. The molecule has 0 unspecified atom stereocenters. The number of Topliss-reactive ketones (excluding diaryl/α,β-unsaturated/α-hetero) is 1. The lowest BCUT2D eigenvalue weighted by Crippen LogP contribution is -2.16. The second kappa shape index (κ2) is 6.38. The van der Waals surface area contributed by atoms with Crippen molar-refractivity contribution in [1.82, 2.24) is 20.2 Å². The van der Waals surface area contributed by atoms with Crippen molar-refractivity contribution in [2.24, 2.45) is 0 Å². The Hall–Kier alpha value is -3.04. The number of tetrazole rings is 1. The molecule has 3 rings (SSSR count). The summed E-state index contributed by atoms with van der Waals surface area (Å²) < 4.78 is 1.37. The summed E-state index contributed by atoms with van der Waals surface area (Å²) in [6.07, 6.45) is 0. The Morgan fingerprint density at radius 3 is 2.48 bits per heavy atom. The van der Waals surface area contributed by atoms with Crippen LogP contribution in [-0.4, -0.2) is 26.0 Å². The van der Waals surface area contributed by atoms with Gasteiger partial charge in [0, 0.05) is 10.6 Å². The first kappa shape index (κ1) is 14.9. The molecular weight excluding hydrogens is 314 g/mol. The summed E-state index contributed by atoms with van der Waals surface area (Å²) in [6, 6.07) is 17.4. The first-order valence-electron chi connectivity index (χ1n) is 6.74. The van der Waals surface area contributed by atoms with Crippen molar-refractivity contribution in [3.63, 3.8) is 0 Å². The van der Waals surface area contributed by atoms with Crippen LogP contribution >= 0.6 is 11.6 Å². The molecule has 0 fully saturated rings. The molecule has 0 saturated carbocycles. The maximum Gasteiger partial charge on any atom is 0.187 e. The Morgan fingerprint density at radius 1 is 1.13 bits per heavy atom. The molecule has 0 aliphatic rings. The third-order valence-corrected chi connectivity index (χ3v) is 3.52. The van der Waals surface area contributed by atoms with Crippen molar-refractivity contribution in [2.45, 2.75) is 5.92 Å². The molecule has 3 aromatic rings. The summed E-state index contributed by atoms with van der Waals surface area (Å²) in [5, 5.41) is 21.3. The first-order chi connectivity index (χ1) is 11.2. The minimum atomic E-state index is -1.09. The molecule has 0 bridgehead atoms. The third-order valence-electron chi connectivity index (χ3n) is 3.27. The molecule has 1 aromatic heterocycles. The number of carbonyl (C=O) groups is 1. The fourth-order valence-electron chi connectivity index (χ4n) is 2.14. The molecule has 0 amide bonds. The highest BCUT2D eigenvalue weighted by atomic mass is 35.5. The molecule has 0 spiro atoms. The van der Waals surface area contributed by atoms with Gasteiger partial charge in [-0.05, 0) is 34.7 Å². The number of halogens is 1. The maximum absolute atomic E-state index is 12.6. The number of aromatic nitrogens is 4. The van der Waals surface area contributed by atoms with E-state index in [1.165, 1.54) is 4.68 Å². The summed E-state index contributed by atoms with van der Waals surface area (Å²) >= 11 is 5.87. The van der Waals surface area contributed by atoms with Crippen molar-refractivity contribution in [2.75, 3.05) is 0 Å². The molecule has 23 heavy (non-hydrogen) atoms. The van der Waals surface area contributed by atoms with Gasteiger partial charge in [-0.15, -0.1) is 5.10 Å². The lowest BCUT2D eigenvalue weighted by Gasteiger charge is -2.09. The monoisotopic (exact) mass is 323 g/mol. The van der Waals surface area contributed by atoms with E-state index in [1.54, 1.807) is 54.6 Å². The Bertz CT molecular complexity index is 867. The summed E-state index contributed by atoms with van der Waals surface area (Å²) in [5.41, 5.74) is 1.06. The van der Waals surface area contributed by atoms with E-state index in [4.69, 9.17) is 11.6 Å². The zero-order valence-corrected chi connectivity index (χ0v) is 12.6. The maximum atomic E-state index is 12.6. The average Bonchev–Trinajstić information content (AvgIpc) is 3.06. The van der Waals surface area contributed by atoms with Crippen LogP contribution in [0.1, 0.15) is 22.1 Å². The van der Waals surface area contributed by atoms with Crippen molar-refractivity contribution in [1.29, 1.82) is 5.26 Å². The van der Waals surface area contributed by atoms with Crippen LogP contribution in [0.25, 0.3) is 5.69 Å². The quantitative estimate of drug-likeness (QED) is 0.689. The topological polar surface area (TPSA) is 84.5 Å². The van der Waals surface area contributed by atoms with Gasteiger partial charge in [0.25, 0.3) is 0 Å². The van der Waals surface area contributed by atoms with Crippen LogP contribution in [0.2, 0.25) is 5.02 Å². The van der Waals surface area contributed by atoms with Crippen LogP contribution in [-0.2, 0) is 0 Å². The largest absolute Gasteiger partial charge is 0.292 e. The molecule has 2 aromatic carbocycles. The molecule has 7 heteroatoms. The second-order valence-electron chi connectivity index (χ2n) is 4.72. The molecule has 0 saturated heterocycles. The Balaban J connectivity index is 2.01. The number of nitriles is 1. The smallest absolute Gasteiger partial charge is 0.187 e. The van der Waals surface area contributed by atoms with Gasteiger partial charge in [-0.2, -0.15) is 9.94 Å². The summed E-state index contributed by atoms with van der Waals surface area (Å²) in [4.78, 5) is 12.6. The molecular formula is C16H10ClN5O.